The normalized spacial score (nSPS) is 12.5. The van der Waals surface area contributed by atoms with Crippen LogP contribution in [0, 0.1) is 5.92 Å². The van der Waals surface area contributed by atoms with Gasteiger partial charge in [0.15, 0.2) is 0 Å². The summed E-state index contributed by atoms with van der Waals surface area (Å²) in [6.45, 7) is 2.75. The van der Waals surface area contributed by atoms with E-state index in [4.69, 9.17) is 9.47 Å². The number of hydrogen-bond donors (Lipinski definition) is 2. The Morgan fingerprint density at radius 3 is 2.67 bits per heavy atom. The molecule has 1 rings (SSSR count). The van der Waals surface area contributed by atoms with Crippen LogP contribution >= 0.6 is 0 Å². The van der Waals surface area contributed by atoms with Crippen molar-refractivity contribution in [3.8, 4) is 5.75 Å². The molecule has 1 amide bonds. The van der Waals surface area contributed by atoms with E-state index in [-0.39, 0.29) is 11.7 Å². The number of rotatable bonds is 11. The van der Waals surface area contributed by atoms with E-state index in [0.29, 0.717) is 24.6 Å². The number of methoxy groups -OCH3 is 2. The van der Waals surface area contributed by atoms with Gasteiger partial charge in [-0.3, -0.25) is 9.52 Å². The van der Waals surface area contributed by atoms with Crippen LogP contribution in [0.4, 0.5) is 5.69 Å². The van der Waals surface area contributed by atoms with Crippen LogP contribution in [0.1, 0.15) is 19.8 Å². The van der Waals surface area contributed by atoms with Crippen molar-refractivity contribution in [1.82, 2.24) is 5.32 Å². The summed E-state index contributed by atoms with van der Waals surface area (Å²) in [5, 5.41) is 2.74. The van der Waals surface area contributed by atoms with E-state index in [1.165, 1.54) is 7.11 Å². The summed E-state index contributed by atoms with van der Waals surface area (Å²) in [6.07, 6.45) is 1.64. The second-order valence-electron chi connectivity index (χ2n) is 5.51. The Balaban J connectivity index is 2.48. The van der Waals surface area contributed by atoms with E-state index in [1.54, 1.807) is 38.3 Å². The molecule has 1 aromatic rings. The lowest BCUT2D eigenvalue weighted by Gasteiger charge is -2.14. The summed E-state index contributed by atoms with van der Waals surface area (Å²) >= 11 is 0. The van der Waals surface area contributed by atoms with Gasteiger partial charge >= 0.3 is 0 Å². The van der Waals surface area contributed by atoms with Crippen molar-refractivity contribution in [3.63, 3.8) is 0 Å². The molecular weight excluding hydrogens is 332 g/mol. The molecule has 0 aliphatic heterocycles. The van der Waals surface area contributed by atoms with Crippen molar-refractivity contribution in [3.05, 3.63) is 24.3 Å². The molecule has 0 bridgehead atoms. The van der Waals surface area contributed by atoms with Crippen LogP contribution < -0.4 is 14.8 Å². The Morgan fingerprint density at radius 1 is 1.25 bits per heavy atom. The standard InChI is InChI=1S/C16H26N2O5S/c1-13(16(19)17-9-4-5-10-22-2)12-24(20,21)18-14-7-6-8-15(11-14)23-3/h6-8,11,13,18H,4-5,9-10,12H2,1-3H3,(H,17,19). The summed E-state index contributed by atoms with van der Waals surface area (Å²) in [6, 6.07) is 6.61. The molecule has 0 saturated carbocycles. The molecule has 0 saturated heterocycles. The molecule has 1 atom stereocenters. The zero-order valence-corrected chi connectivity index (χ0v) is 15.2. The highest BCUT2D eigenvalue weighted by Gasteiger charge is 2.21. The van der Waals surface area contributed by atoms with Gasteiger partial charge < -0.3 is 14.8 Å². The first-order valence-corrected chi connectivity index (χ1v) is 9.44. The topological polar surface area (TPSA) is 93.7 Å². The van der Waals surface area contributed by atoms with Crippen molar-refractivity contribution in [2.45, 2.75) is 19.8 Å². The zero-order chi connectivity index (χ0) is 18.0. The van der Waals surface area contributed by atoms with Crippen molar-refractivity contribution in [2.75, 3.05) is 37.8 Å². The lowest BCUT2D eigenvalue weighted by Crippen LogP contribution is -2.35. The molecule has 7 nitrogen and oxygen atoms in total. The molecule has 0 aromatic heterocycles. The number of sulfonamides is 1. The van der Waals surface area contributed by atoms with Gasteiger partial charge in [-0.25, -0.2) is 8.42 Å². The number of nitrogens with one attached hydrogen (secondary N) is 2. The van der Waals surface area contributed by atoms with Gasteiger partial charge in [0.2, 0.25) is 15.9 Å². The Kier molecular flexibility index (Phi) is 8.56. The summed E-state index contributed by atoms with van der Waals surface area (Å²) in [5.41, 5.74) is 0.404. The number of unbranched alkanes of at least 4 members (excludes halogenated alkanes) is 1. The Hall–Kier alpha value is -1.80. The second-order valence-corrected chi connectivity index (χ2v) is 7.27. The molecule has 0 spiro atoms. The predicted octanol–water partition coefficient (Wildman–Crippen LogP) is 1.62. The van der Waals surface area contributed by atoms with Crippen LogP contribution in [-0.2, 0) is 19.6 Å². The molecule has 0 aliphatic carbocycles. The van der Waals surface area contributed by atoms with Crippen molar-refractivity contribution >= 4 is 21.6 Å². The van der Waals surface area contributed by atoms with Gasteiger partial charge in [0.25, 0.3) is 0 Å². The maximum atomic E-state index is 12.2. The first-order chi connectivity index (χ1) is 11.4. The van der Waals surface area contributed by atoms with Crippen LogP contribution in [-0.4, -0.2) is 47.4 Å². The minimum absolute atomic E-state index is 0.275. The smallest absolute Gasteiger partial charge is 0.233 e. The maximum absolute atomic E-state index is 12.2. The average Bonchev–Trinajstić information content (AvgIpc) is 2.53. The monoisotopic (exact) mass is 358 g/mol. The SMILES string of the molecule is COCCCCNC(=O)C(C)CS(=O)(=O)Nc1cccc(OC)c1. The van der Waals surface area contributed by atoms with Gasteiger partial charge in [-0.15, -0.1) is 0 Å². The first-order valence-electron chi connectivity index (χ1n) is 7.79. The van der Waals surface area contributed by atoms with Crippen LogP contribution in [0.2, 0.25) is 0 Å². The third-order valence-corrected chi connectivity index (χ3v) is 4.82. The molecule has 1 aromatic carbocycles. The van der Waals surface area contributed by atoms with E-state index in [9.17, 15) is 13.2 Å². The lowest BCUT2D eigenvalue weighted by molar-refractivity contribution is -0.123. The molecule has 0 fully saturated rings. The van der Waals surface area contributed by atoms with E-state index in [1.807, 2.05) is 0 Å². The molecule has 0 aliphatic rings. The summed E-state index contributed by atoms with van der Waals surface area (Å²) in [7, 11) is -0.497. The second kappa shape index (κ2) is 10.1. The number of hydrogen-bond acceptors (Lipinski definition) is 5. The fourth-order valence-electron chi connectivity index (χ4n) is 2.07. The van der Waals surface area contributed by atoms with Gasteiger partial charge in [0, 0.05) is 26.3 Å². The van der Waals surface area contributed by atoms with Crippen molar-refractivity contribution in [2.24, 2.45) is 5.92 Å². The van der Waals surface area contributed by atoms with E-state index in [0.717, 1.165) is 12.8 Å². The average molecular weight is 358 g/mol. The minimum atomic E-state index is -3.63. The van der Waals surface area contributed by atoms with Gasteiger partial charge in [-0.2, -0.15) is 0 Å². The number of carbonyl (C=O) groups excluding carboxylic acids is 1. The molecular formula is C16H26N2O5S. The molecule has 24 heavy (non-hydrogen) atoms. The van der Waals surface area contributed by atoms with Crippen molar-refractivity contribution in [1.29, 1.82) is 0 Å². The molecule has 0 radical (unpaired) electrons. The van der Waals surface area contributed by atoms with Crippen molar-refractivity contribution < 1.29 is 22.7 Å². The Labute approximate surface area is 143 Å². The highest BCUT2D eigenvalue weighted by atomic mass is 32.2. The molecule has 136 valence electrons. The number of benzene rings is 1. The van der Waals surface area contributed by atoms with E-state index in [2.05, 4.69) is 10.0 Å². The molecule has 8 heteroatoms. The van der Waals surface area contributed by atoms with E-state index >= 15 is 0 Å². The third kappa shape index (κ3) is 7.65. The fraction of sp³-hybridized carbons (Fsp3) is 0.562. The first kappa shape index (κ1) is 20.2. The van der Waals surface area contributed by atoms with Gasteiger partial charge in [-0.05, 0) is 25.0 Å². The molecule has 0 heterocycles. The number of anilines is 1. The number of amides is 1. The number of ether oxygens (including phenoxy) is 2. The zero-order valence-electron chi connectivity index (χ0n) is 14.4. The van der Waals surface area contributed by atoms with Crippen LogP contribution in [0.15, 0.2) is 24.3 Å². The highest BCUT2D eigenvalue weighted by Crippen LogP contribution is 2.18. The van der Waals surface area contributed by atoms with Crippen LogP contribution in [0.5, 0.6) is 5.75 Å². The van der Waals surface area contributed by atoms with Gasteiger partial charge in [0.1, 0.15) is 5.75 Å². The Bertz CT molecular complexity index is 619. The van der Waals surface area contributed by atoms with Gasteiger partial charge in [0.05, 0.1) is 24.5 Å². The molecule has 1 unspecified atom stereocenters. The summed E-state index contributed by atoms with van der Waals surface area (Å²) in [5.74, 6) is -0.648. The lowest BCUT2D eigenvalue weighted by atomic mass is 10.2. The van der Waals surface area contributed by atoms with Crippen LogP contribution in [0.25, 0.3) is 0 Å². The summed E-state index contributed by atoms with van der Waals surface area (Å²) < 4.78 is 36.8. The quantitative estimate of drug-likeness (QED) is 0.586. The third-order valence-electron chi connectivity index (χ3n) is 3.33. The van der Waals surface area contributed by atoms with E-state index < -0.39 is 15.9 Å². The minimum Gasteiger partial charge on any atom is -0.497 e. The Morgan fingerprint density at radius 2 is 2.00 bits per heavy atom. The molecule has 2 N–H and O–H groups in total. The largest absolute Gasteiger partial charge is 0.497 e. The fourth-order valence-corrected chi connectivity index (χ4v) is 3.45. The summed E-state index contributed by atoms with van der Waals surface area (Å²) in [4.78, 5) is 12.0. The maximum Gasteiger partial charge on any atom is 0.233 e. The van der Waals surface area contributed by atoms with Gasteiger partial charge in [-0.1, -0.05) is 13.0 Å². The van der Waals surface area contributed by atoms with Crippen LogP contribution in [0.3, 0.4) is 0 Å². The predicted molar refractivity (Wildman–Crippen MR) is 93.7 cm³/mol. The number of carbonyl (C=O) groups is 1. The highest BCUT2D eigenvalue weighted by molar-refractivity contribution is 7.92.